The van der Waals surface area contributed by atoms with E-state index in [-0.39, 0.29) is 0 Å². The van der Waals surface area contributed by atoms with Crippen molar-refractivity contribution in [3.05, 3.63) is 35.4 Å². The van der Waals surface area contributed by atoms with Gasteiger partial charge in [0.05, 0.1) is 0 Å². The van der Waals surface area contributed by atoms with Crippen molar-refractivity contribution in [3.63, 3.8) is 0 Å². The summed E-state index contributed by atoms with van der Waals surface area (Å²) < 4.78 is 0. The van der Waals surface area contributed by atoms with Gasteiger partial charge in [0.2, 0.25) is 0 Å². The topological polar surface area (TPSA) is 6.48 Å². The number of hydrogen-bond donors (Lipinski definition) is 0. The molecular weight excluding hydrogens is 220 g/mol. The Bertz CT molecular complexity index is 350. The van der Waals surface area contributed by atoms with Crippen LogP contribution in [-0.2, 0) is 6.54 Å². The first kappa shape index (κ1) is 13.6. The molecule has 2 nitrogen and oxygen atoms in total. The van der Waals surface area contributed by atoms with Gasteiger partial charge in [-0.3, -0.25) is 9.80 Å². The molecule has 0 aliphatic carbocycles. The summed E-state index contributed by atoms with van der Waals surface area (Å²) in [6.07, 6.45) is 1.26. The quantitative estimate of drug-likeness (QED) is 0.806. The minimum absolute atomic E-state index is 0.742. The van der Waals surface area contributed by atoms with Gasteiger partial charge in [0, 0.05) is 38.8 Å². The molecule has 18 heavy (non-hydrogen) atoms. The molecule has 1 atom stereocenters. The van der Waals surface area contributed by atoms with Gasteiger partial charge < -0.3 is 0 Å². The van der Waals surface area contributed by atoms with Gasteiger partial charge in [-0.15, -0.1) is 0 Å². The average Bonchev–Trinajstić information content (AvgIpc) is 2.41. The zero-order valence-electron chi connectivity index (χ0n) is 12.0. The molecule has 0 spiro atoms. The fourth-order valence-corrected chi connectivity index (χ4v) is 2.57. The molecule has 1 fully saturated rings. The van der Waals surface area contributed by atoms with Crippen molar-refractivity contribution in [1.29, 1.82) is 0 Å². The van der Waals surface area contributed by atoms with E-state index in [1.807, 2.05) is 0 Å². The van der Waals surface area contributed by atoms with Crippen LogP contribution in [-0.4, -0.2) is 42.0 Å². The fourth-order valence-electron chi connectivity index (χ4n) is 2.57. The summed E-state index contributed by atoms with van der Waals surface area (Å²) in [6, 6.07) is 9.69. The Morgan fingerprint density at radius 2 is 1.67 bits per heavy atom. The first-order valence-corrected chi connectivity index (χ1v) is 7.21. The van der Waals surface area contributed by atoms with Crippen LogP contribution in [0.3, 0.4) is 0 Å². The monoisotopic (exact) mass is 246 g/mol. The van der Waals surface area contributed by atoms with Gasteiger partial charge >= 0.3 is 0 Å². The third-order valence-electron chi connectivity index (χ3n) is 4.15. The maximum atomic E-state index is 2.62. The largest absolute Gasteiger partial charge is 0.298 e. The highest BCUT2D eigenvalue weighted by Crippen LogP contribution is 2.12. The molecule has 1 aromatic carbocycles. The Labute approximate surface area is 112 Å². The minimum Gasteiger partial charge on any atom is -0.298 e. The number of aryl methyl sites for hydroxylation is 1. The lowest BCUT2D eigenvalue weighted by molar-refractivity contribution is 0.0964. The Hall–Kier alpha value is -0.860. The fraction of sp³-hybridized carbons (Fsp3) is 0.625. The number of nitrogens with zero attached hydrogens (tertiary/aromatic N) is 2. The lowest BCUT2D eigenvalue weighted by Crippen LogP contribution is -2.48. The van der Waals surface area contributed by atoms with Crippen LogP contribution in [0.2, 0.25) is 0 Å². The number of benzene rings is 1. The normalized spacial score (nSPS) is 19.9. The van der Waals surface area contributed by atoms with E-state index in [0.29, 0.717) is 0 Å². The highest BCUT2D eigenvalue weighted by Gasteiger charge is 2.19. The van der Waals surface area contributed by atoms with Crippen LogP contribution in [0.15, 0.2) is 24.3 Å². The molecule has 1 heterocycles. The second kappa shape index (κ2) is 6.35. The van der Waals surface area contributed by atoms with E-state index >= 15 is 0 Å². The lowest BCUT2D eigenvalue weighted by Gasteiger charge is -2.37. The van der Waals surface area contributed by atoms with Crippen LogP contribution in [0.4, 0.5) is 0 Å². The van der Waals surface area contributed by atoms with Crippen molar-refractivity contribution in [1.82, 2.24) is 9.80 Å². The molecule has 1 saturated heterocycles. The van der Waals surface area contributed by atoms with Crippen LogP contribution in [0.1, 0.15) is 31.4 Å². The third kappa shape index (κ3) is 3.56. The summed E-state index contributed by atoms with van der Waals surface area (Å²) in [4.78, 5) is 5.19. The lowest BCUT2D eigenvalue weighted by atomic mass is 10.1. The molecule has 0 amide bonds. The molecular formula is C16H26N2. The van der Waals surface area contributed by atoms with Crippen LogP contribution in [0.25, 0.3) is 0 Å². The molecule has 1 aliphatic rings. The van der Waals surface area contributed by atoms with Crippen molar-refractivity contribution in [2.45, 2.75) is 39.8 Å². The van der Waals surface area contributed by atoms with E-state index in [1.54, 1.807) is 0 Å². The zero-order chi connectivity index (χ0) is 13.0. The van der Waals surface area contributed by atoms with Gasteiger partial charge in [-0.1, -0.05) is 36.8 Å². The molecule has 0 radical (unpaired) electrons. The van der Waals surface area contributed by atoms with Crippen molar-refractivity contribution < 1.29 is 0 Å². The standard InChI is InChI=1S/C16H26N2/c1-4-15(3)18-11-9-17(10-12-18)13-16-7-5-14(2)6-8-16/h5-8,15H,4,9-13H2,1-3H3. The highest BCUT2D eigenvalue weighted by atomic mass is 15.3. The van der Waals surface area contributed by atoms with E-state index in [9.17, 15) is 0 Å². The minimum atomic E-state index is 0.742. The van der Waals surface area contributed by atoms with Crippen LogP contribution < -0.4 is 0 Å². The Morgan fingerprint density at radius 3 is 2.22 bits per heavy atom. The first-order valence-electron chi connectivity index (χ1n) is 7.21. The summed E-state index contributed by atoms with van der Waals surface area (Å²) in [5.74, 6) is 0. The summed E-state index contributed by atoms with van der Waals surface area (Å²) >= 11 is 0. The van der Waals surface area contributed by atoms with Gasteiger partial charge in [0.1, 0.15) is 0 Å². The molecule has 0 bridgehead atoms. The van der Waals surface area contributed by atoms with E-state index in [1.165, 1.54) is 43.7 Å². The molecule has 100 valence electrons. The Kier molecular flexibility index (Phi) is 4.79. The number of hydrogen-bond acceptors (Lipinski definition) is 2. The molecule has 2 heteroatoms. The smallest absolute Gasteiger partial charge is 0.0234 e. The summed E-state index contributed by atoms with van der Waals surface area (Å²) in [5.41, 5.74) is 2.79. The molecule has 1 unspecified atom stereocenters. The number of piperazine rings is 1. The number of rotatable bonds is 4. The van der Waals surface area contributed by atoms with Gasteiger partial charge in [0.15, 0.2) is 0 Å². The van der Waals surface area contributed by atoms with Gasteiger partial charge in [-0.2, -0.15) is 0 Å². The van der Waals surface area contributed by atoms with Crippen molar-refractivity contribution >= 4 is 0 Å². The van der Waals surface area contributed by atoms with Gasteiger partial charge in [0.25, 0.3) is 0 Å². The summed E-state index contributed by atoms with van der Waals surface area (Å²) in [5, 5.41) is 0. The molecule has 0 aromatic heterocycles. The van der Waals surface area contributed by atoms with Crippen molar-refractivity contribution in [2.75, 3.05) is 26.2 Å². The van der Waals surface area contributed by atoms with Gasteiger partial charge in [-0.05, 0) is 25.8 Å². The highest BCUT2D eigenvalue weighted by molar-refractivity contribution is 5.21. The second-order valence-electron chi connectivity index (χ2n) is 5.55. The van der Waals surface area contributed by atoms with E-state index in [4.69, 9.17) is 0 Å². The molecule has 2 rings (SSSR count). The SMILES string of the molecule is CCC(C)N1CCN(Cc2ccc(C)cc2)CC1. The van der Waals surface area contributed by atoms with E-state index < -0.39 is 0 Å². The van der Waals surface area contributed by atoms with E-state index in [2.05, 4.69) is 54.8 Å². The predicted molar refractivity (Wildman–Crippen MR) is 77.8 cm³/mol. The van der Waals surface area contributed by atoms with E-state index in [0.717, 1.165) is 12.6 Å². The first-order chi connectivity index (χ1) is 8.69. The van der Waals surface area contributed by atoms with Gasteiger partial charge in [-0.25, -0.2) is 0 Å². The zero-order valence-corrected chi connectivity index (χ0v) is 12.0. The van der Waals surface area contributed by atoms with Crippen molar-refractivity contribution in [2.24, 2.45) is 0 Å². The van der Waals surface area contributed by atoms with Crippen LogP contribution >= 0.6 is 0 Å². The van der Waals surface area contributed by atoms with Crippen LogP contribution in [0, 0.1) is 6.92 Å². The average molecular weight is 246 g/mol. The maximum absolute atomic E-state index is 2.62. The second-order valence-corrected chi connectivity index (χ2v) is 5.55. The maximum Gasteiger partial charge on any atom is 0.0234 e. The predicted octanol–water partition coefficient (Wildman–Crippen LogP) is 2.91. The molecule has 0 N–H and O–H groups in total. The van der Waals surface area contributed by atoms with Crippen LogP contribution in [0.5, 0.6) is 0 Å². The summed E-state index contributed by atoms with van der Waals surface area (Å²) in [6.45, 7) is 12.7. The Morgan fingerprint density at radius 1 is 1.06 bits per heavy atom. The Balaban J connectivity index is 1.81. The van der Waals surface area contributed by atoms with Crippen molar-refractivity contribution in [3.8, 4) is 0 Å². The molecule has 1 aliphatic heterocycles. The molecule has 1 aromatic rings. The third-order valence-corrected chi connectivity index (χ3v) is 4.15. The molecule has 0 saturated carbocycles. The summed E-state index contributed by atoms with van der Waals surface area (Å²) in [7, 11) is 0.